The third-order valence-electron chi connectivity index (χ3n) is 2.71. The Morgan fingerprint density at radius 3 is 3.00 bits per heavy atom. The summed E-state index contributed by atoms with van der Waals surface area (Å²) >= 11 is 0. The quantitative estimate of drug-likeness (QED) is 0.507. The molecule has 2 saturated heterocycles. The van der Waals surface area contributed by atoms with Crippen LogP contribution in [0.2, 0.25) is 0 Å². The molecule has 0 amide bonds. The van der Waals surface area contributed by atoms with Gasteiger partial charge in [0.2, 0.25) is 0 Å². The van der Waals surface area contributed by atoms with E-state index in [1.165, 1.54) is 38.9 Å². The van der Waals surface area contributed by atoms with Crippen molar-refractivity contribution in [2.75, 3.05) is 19.6 Å². The van der Waals surface area contributed by atoms with E-state index >= 15 is 0 Å². The van der Waals surface area contributed by atoms with Crippen LogP contribution in [0, 0.1) is 5.92 Å². The molecule has 2 atom stereocenters. The van der Waals surface area contributed by atoms with Gasteiger partial charge in [-0.05, 0) is 44.8 Å². The molecule has 0 aromatic rings. The van der Waals surface area contributed by atoms with Gasteiger partial charge in [-0.15, -0.1) is 0 Å². The van der Waals surface area contributed by atoms with Gasteiger partial charge in [-0.1, -0.05) is 0 Å². The fourth-order valence-corrected chi connectivity index (χ4v) is 2.05. The molecule has 2 aliphatic heterocycles. The van der Waals surface area contributed by atoms with Crippen LogP contribution in [0.1, 0.15) is 19.3 Å². The largest absolute Gasteiger partial charge is 0.317 e. The van der Waals surface area contributed by atoms with Crippen LogP contribution >= 0.6 is 0 Å². The van der Waals surface area contributed by atoms with Crippen molar-refractivity contribution in [1.29, 1.82) is 0 Å². The molecule has 2 unspecified atom stereocenters. The first-order chi connectivity index (χ1) is 4.95. The highest BCUT2D eigenvalue weighted by Gasteiger charge is 2.24. The van der Waals surface area contributed by atoms with Crippen LogP contribution in [0.3, 0.4) is 0 Å². The molecule has 10 heavy (non-hydrogen) atoms. The average Bonchev–Trinajstić information content (AvgIpc) is 2.30. The maximum Gasteiger partial charge on any atom is 0.00823 e. The Morgan fingerprint density at radius 1 is 1.10 bits per heavy atom. The molecule has 0 spiro atoms. The van der Waals surface area contributed by atoms with Crippen LogP contribution in [-0.2, 0) is 0 Å². The number of hydrogen-bond acceptors (Lipinski definition) is 2. The number of fused-ring (bicyclic) bond motifs is 2. The summed E-state index contributed by atoms with van der Waals surface area (Å²) in [4.78, 5) is 0. The molecule has 0 aromatic heterocycles. The maximum atomic E-state index is 3.56. The van der Waals surface area contributed by atoms with Gasteiger partial charge >= 0.3 is 0 Å². The summed E-state index contributed by atoms with van der Waals surface area (Å²) in [7, 11) is 0. The van der Waals surface area contributed by atoms with Gasteiger partial charge in [0.25, 0.3) is 0 Å². The molecular weight excluding hydrogens is 124 g/mol. The molecule has 0 radical (unpaired) electrons. The van der Waals surface area contributed by atoms with Crippen molar-refractivity contribution in [3.05, 3.63) is 0 Å². The minimum absolute atomic E-state index is 0.831. The fraction of sp³-hybridized carbons (Fsp3) is 1.00. The third-order valence-corrected chi connectivity index (χ3v) is 2.71. The molecule has 2 bridgehead atoms. The van der Waals surface area contributed by atoms with E-state index < -0.39 is 0 Å². The van der Waals surface area contributed by atoms with E-state index in [9.17, 15) is 0 Å². The molecule has 0 saturated carbocycles. The van der Waals surface area contributed by atoms with Crippen molar-refractivity contribution in [3.8, 4) is 0 Å². The van der Waals surface area contributed by atoms with Crippen molar-refractivity contribution in [1.82, 2.24) is 10.6 Å². The molecule has 2 fully saturated rings. The highest BCUT2D eigenvalue weighted by Crippen LogP contribution is 2.20. The first kappa shape index (κ1) is 6.62. The lowest BCUT2D eigenvalue weighted by Gasteiger charge is -2.15. The highest BCUT2D eigenvalue weighted by molar-refractivity contribution is 4.84. The van der Waals surface area contributed by atoms with Crippen LogP contribution in [0.15, 0.2) is 0 Å². The predicted molar refractivity (Wildman–Crippen MR) is 42.0 cm³/mol. The Bertz CT molecular complexity index is 102. The lowest BCUT2D eigenvalue weighted by Crippen LogP contribution is -2.27. The van der Waals surface area contributed by atoms with E-state index in [0.717, 1.165) is 12.0 Å². The molecule has 2 heterocycles. The number of rotatable bonds is 0. The fourth-order valence-electron chi connectivity index (χ4n) is 2.05. The Balaban J connectivity index is 1.91. The van der Waals surface area contributed by atoms with Gasteiger partial charge in [0.15, 0.2) is 0 Å². The Morgan fingerprint density at radius 2 is 2.00 bits per heavy atom. The van der Waals surface area contributed by atoms with Gasteiger partial charge in [0.1, 0.15) is 0 Å². The number of hydrogen-bond donors (Lipinski definition) is 2. The molecule has 2 rings (SSSR count). The Hall–Kier alpha value is -0.0800. The van der Waals surface area contributed by atoms with Crippen LogP contribution < -0.4 is 10.6 Å². The normalized spacial score (nSPS) is 40.8. The van der Waals surface area contributed by atoms with Crippen molar-refractivity contribution in [2.24, 2.45) is 5.92 Å². The minimum atomic E-state index is 0.831. The standard InChI is InChI=1S/C8H16N2/c1-3-9-4-2-8-5-7(1)6-10-8/h7-10H,1-6H2. The molecule has 2 nitrogen and oxygen atoms in total. The van der Waals surface area contributed by atoms with Gasteiger partial charge in [-0.3, -0.25) is 0 Å². The molecule has 0 aromatic carbocycles. The van der Waals surface area contributed by atoms with E-state index in [0.29, 0.717) is 0 Å². The Kier molecular flexibility index (Phi) is 1.91. The zero-order chi connectivity index (χ0) is 6.81. The topological polar surface area (TPSA) is 24.1 Å². The van der Waals surface area contributed by atoms with Crippen molar-refractivity contribution in [3.63, 3.8) is 0 Å². The van der Waals surface area contributed by atoms with Crippen molar-refractivity contribution in [2.45, 2.75) is 25.3 Å². The van der Waals surface area contributed by atoms with Gasteiger partial charge in [0, 0.05) is 6.04 Å². The summed E-state index contributed by atoms with van der Waals surface area (Å²) in [6.07, 6.45) is 4.14. The van der Waals surface area contributed by atoms with Crippen LogP contribution in [0.4, 0.5) is 0 Å². The third kappa shape index (κ3) is 1.32. The molecule has 0 aliphatic carbocycles. The summed E-state index contributed by atoms with van der Waals surface area (Å²) in [5, 5.41) is 7.01. The smallest absolute Gasteiger partial charge is 0.00823 e. The van der Waals surface area contributed by atoms with Crippen LogP contribution in [0.25, 0.3) is 0 Å². The van der Waals surface area contributed by atoms with E-state index in [4.69, 9.17) is 0 Å². The minimum Gasteiger partial charge on any atom is -0.317 e. The molecule has 2 N–H and O–H groups in total. The maximum absolute atomic E-state index is 3.56. The lowest BCUT2D eigenvalue weighted by atomic mass is 9.99. The monoisotopic (exact) mass is 140 g/mol. The van der Waals surface area contributed by atoms with E-state index in [1.807, 2.05) is 0 Å². The summed E-state index contributed by atoms with van der Waals surface area (Å²) in [6, 6.07) is 0.831. The zero-order valence-corrected chi connectivity index (χ0v) is 6.40. The van der Waals surface area contributed by atoms with Crippen LogP contribution in [0.5, 0.6) is 0 Å². The van der Waals surface area contributed by atoms with Gasteiger partial charge in [-0.25, -0.2) is 0 Å². The first-order valence-corrected chi connectivity index (χ1v) is 4.39. The SMILES string of the molecule is C1CC2CNC(CCN1)C2. The average molecular weight is 140 g/mol. The van der Waals surface area contributed by atoms with Gasteiger partial charge in [-0.2, -0.15) is 0 Å². The molecular formula is C8H16N2. The second-order valence-electron chi connectivity index (χ2n) is 3.53. The number of nitrogens with one attached hydrogen (secondary N) is 2. The van der Waals surface area contributed by atoms with Gasteiger partial charge in [0.05, 0.1) is 0 Å². The second-order valence-corrected chi connectivity index (χ2v) is 3.53. The predicted octanol–water partition coefficient (Wildman–Crippen LogP) is 0.348. The lowest BCUT2D eigenvalue weighted by molar-refractivity contribution is 0.439. The summed E-state index contributed by atoms with van der Waals surface area (Å²) in [6.45, 7) is 3.72. The summed E-state index contributed by atoms with van der Waals surface area (Å²) in [5.41, 5.74) is 0. The molecule has 2 heteroatoms. The summed E-state index contributed by atoms with van der Waals surface area (Å²) < 4.78 is 0. The van der Waals surface area contributed by atoms with Crippen molar-refractivity contribution >= 4 is 0 Å². The summed E-state index contributed by atoms with van der Waals surface area (Å²) in [5.74, 6) is 0.970. The van der Waals surface area contributed by atoms with Crippen molar-refractivity contribution < 1.29 is 0 Å². The Labute approximate surface area is 62.4 Å². The van der Waals surface area contributed by atoms with E-state index in [-0.39, 0.29) is 0 Å². The van der Waals surface area contributed by atoms with Crippen LogP contribution in [-0.4, -0.2) is 25.7 Å². The highest BCUT2D eigenvalue weighted by atomic mass is 15.0. The first-order valence-electron chi connectivity index (χ1n) is 4.39. The second kappa shape index (κ2) is 2.89. The van der Waals surface area contributed by atoms with E-state index in [1.54, 1.807) is 0 Å². The van der Waals surface area contributed by atoms with Gasteiger partial charge < -0.3 is 10.6 Å². The molecule has 2 aliphatic rings. The molecule has 58 valence electrons. The zero-order valence-electron chi connectivity index (χ0n) is 6.40. The van der Waals surface area contributed by atoms with E-state index in [2.05, 4.69) is 10.6 Å².